The van der Waals surface area contributed by atoms with Crippen molar-refractivity contribution in [3.8, 4) is 22.4 Å². The average Bonchev–Trinajstić information content (AvgIpc) is 2.88. The molecule has 1 aromatic heterocycles. The monoisotopic (exact) mass is 504 g/mol. The van der Waals surface area contributed by atoms with Crippen LogP contribution in [0.2, 0.25) is 0 Å². The van der Waals surface area contributed by atoms with Crippen molar-refractivity contribution in [2.24, 2.45) is 10.2 Å². The van der Waals surface area contributed by atoms with Gasteiger partial charge in [0.1, 0.15) is 16.3 Å². The Morgan fingerprint density at radius 2 is 1.39 bits per heavy atom. The Hall–Kier alpha value is -3.40. The van der Waals surface area contributed by atoms with Crippen LogP contribution in [-0.2, 0) is 10.1 Å². The summed E-state index contributed by atoms with van der Waals surface area (Å²) in [5.74, 6) is 0. The molecule has 0 bridgehead atoms. The van der Waals surface area contributed by atoms with E-state index in [1.165, 1.54) is 6.07 Å². The van der Waals surface area contributed by atoms with Gasteiger partial charge in [-0.3, -0.25) is 9.54 Å². The molecule has 5 aromatic rings. The number of benzene rings is 4. The molecule has 5 rings (SSSR count). The molecule has 9 heteroatoms. The fraction of sp³-hybridized carbons (Fsp3) is 0. The van der Waals surface area contributed by atoms with Gasteiger partial charge in [0, 0.05) is 16.3 Å². The third-order valence-electron chi connectivity index (χ3n) is 5.61. The number of rotatable bonds is 5. The topological polar surface area (TPSA) is 118 Å². The van der Waals surface area contributed by atoms with Crippen molar-refractivity contribution in [3.05, 3.63) is 103 Å². The first kappa shape index (κ1) is 25.7. The first-order valence-electron chi connectivity index (χ1n) is 10.7. The van der Waals surface area contributed by atoms with Crippen LogP contribution in [-0.4, -0.2) is 47.5 Å². The Balaban J connectivity index is 0.00000304. The number of hydrogen-bond acceptors (Lipinski definition) is 6. The fourth-order valence-electron chi connectivity index (χ4n) is 3.94. The molecular formula is C27H21N4NaO3S. The number of anilines is 1. The van der Waals surface area contributed by atoms with Crippen LogP contribution < -0.4 is 5.73 Å². The van der Waals surface area contributed by atoms with Gasteiger partial charge in [0.2, 0.25) is 0 Å². The van der Waals surface area contributed by atoms with Gasteiger partial charge in [-0.15, -0.1) is 10.2 Å². The van der Waals surface area contributed by atoms with Gasteiger partial charge in [-0.05, 0) is 29.3 Å². The van der Waals surface area contributed by atoms with E-state index in [1.54, 1.807) is 36.5 Å². The molecule has 0 amide bonds. The van der Waals surface area contributed by atoms with E-state index in [0.29, 0.717) is 16.5 Å². The van der Waals surface area contributed by atoms with Gasteiger partial charge in [-0.25, -0.2) is 0 Å². The Kier molecular flexibility index (Phi) is 7.63. The molecule has 36 heavy (non-hydrogen) atoms. The molecule has 0 aliphatic heterocycles. The molecule has 7 nitrogen and oxygen atoms in total. The molecule has 3 N–H and O–H groups in total. The molecule has 0 fully saturated rings. The number of fused-ring (bicyclic) bond motifs is 1. The first-order chi connectivity index (χ1) is 16.9. The second kappa shape index (κ2) is 10.7. The predicted octanol–water partition coefficient (Wildman–Crippen LogP) is 6.16. The molecule has 0 spiro atoms. The van der Waals surface area contributed by atoms with Crippen molar-refractivity contribution in [3.63, 3.8) is 0 Å². The third kappa shape index (κ3) is 5.23. The van der Waals surface area contributed by atoms with E-state index >= 15 is 0 Å². The van der Waals surface area contributed by atoms with Crippen LogP contribution in [0.25, 0.3) is 33.2 Å². The van der Waals surface area contributed by atoms with E-state index in [0.717, 1.165) is 22.4 Å². The standard InChI is InChI=1S/C27H20N4O3S.Na.H/c28-27-23-13-7-6-12-22(23)26(35(32,33)34)16-25(27)31-30-19-14-15-24(29-17-19)21-11-5-4-10-20(21)18-8-2-1-3-9-18;;/h1-17H,28H2,(H,32,33,34);;/b31-30+;;. The van der Waals surface area contributed by atoms with Crippen LogP contribution in [0.1, 0.15) is 0 Å². The zero-order valence-corrected chi connectivity index (χ0v) is 19.2. The molecule has 0 saturated heterocycles. The van der Waals surface area contributed by atoms with E-state index in [9.17, 15) is 13.0 Å². The summed E-state index contributed by atoms with van der Waals surface area (Å²) >= 11 is 0. The van der Waals surface area contributed by atoms with Gasteiger partial charge in [0.05, 0.1) is 17.6 Å². The first-order valence-corrected chi connectivity index (χ1v) is 12.2. The fourth-order valence-corrected chi connectivity index (χ4v) is 4.66. The van der Waals surface area contributed by atoms with Crippen LogP contribution >= 0.6 is 0 Å². The molecule has 174 valence electrons. The van der Waals surface area contributed by atoms with Gasteiger partial charge in [-0.2, -0.15) is 8.42 Å². The van der Waals surface area contributed by atoms with Crippen molar-refractivity contribution >= 4 is 67.5 Å². The Morgan fingerprint density at radius 3 is 2.06 bits per heavy atom. The minimum atomic E-state index is -4.48. The van der Waals surface area contributed by atoms with Gasteiger partial charge in [-0.1, -0.05) is 78.9 Å². The normalized spacial score (nSPS) is 11.5. The van der Waals surface area contributed by atoms with Crippen molar-refractivity contribution in [1.82, 2.24) is 4.98 Å². The molecule has 1 heterocycles. The number of nitrogens with zero attached hydrogens (tertiary/aromatic N) is 3. The maximum absolute atomic E-state index is 11.9. The van der Waals surface area contributed by atoms with Crippen LogP contribution in [0, 0.1) is 0 Å². The summed E-state index contributed by atoms with van der Waals surface area (Å²) in [7, 11) is -4.48. The van der Waals surface area contributed by atoms with Gasteiger partial charge in [0.25, 0.3) is 10.1 Å². The quantitative estimate of drug-likeness (QED) is 0.129. The van der Waals surface area contributed by atoms with Gasteiger partial charge < -0.3 is 5.73 Å². The van der Waals surface area contributed by atoms with Crippen LogP contribution in [0.5, 0.6) is 0 Å². The van der Waals surface area contributed by atoms with E-state index < -0.39 is 10.1 Å². The number of pyridine rings is 1. The van der Waals surface area contributed by atoms with Gasteiger partial charge in [0.15, 0.2) is 0 Å². The molecular weight excluding hydrogens is 483 g/mol. The van der Waals surface area contributed by atoms with Crippen LogP contribution in [0.15, 0.2) is 118 Å². The molecule has 0 saturated carbocycles. The van der Waals surface area contributed by atoms with Gasteiger partial charge >= 0.3 is 29.6 Å². The van der Waals surface area contributed by atoms with Crippen molar-refractivity contribution in [1.29, 1.82) is 0 Å². The number of nitrogens with two attached hydrogens (primary N) is 1. The second-order valence-electron chi connectivity index (χ2n) is 7.84. The van der Waals surface area contributed by atoms with Crippen LogP contribution in [0.3, 0.4) is 0 Å². The average molecular weight is 505 g/mol. The zero-order valence-electron chi connectivity index (χ0n) is 18.4. The Bertz CT molecular complexity index is 1670. The summed E-state index contributed by atoms with van der Waals surface area (Å²) < 4.78 is 33.5. The SMILES string of the molecule is Nc1c(/N=N/c2ccc(-c3ccccc3-c3ccccc3)nc2)cc(S(=O)(=O)O)c2ccccc12.[NaH]. The summed E-state index contributed by atoms with van der Waals surface area (Å²) in [5.41, 5.74) is 11.0. The van der Waals surface area contributed by atoms with Crippen LogP contribution in [0.4, 0.5) is 17.1 Å². The number of azo groups is 1. The minimum absolute atomic E-state index is 0. The predicted molar refractivity (Wildman–Crippen MR) is 145 cm³/mol. The van der Waals surface area contributed by atoms with E-state index in [2.05, 4.69) is 33.4 Å². The van der Waals surface area contributed by atoms with Crippen molar-refractivity contribution in [2.75, 3.05) is 5.73 Å². The van der Waals surface area contributed by atoms with E-state index in [4.69, 9.17) is 5.73 Å². The van der Waals surface area contributed by atoms with E-state index in [1.807, 2.05) is 42.5 Å². The summed E-state index contributed by atoms with van der Waals surface area (Å²) in [5, 5.41) is 9.12. The number of aromatic nitrogens is 1. The zero-order chi connectivity index (χ0) is 24.4. The number of hydrogen-bond donors (Lipinski definition) is 2. The maximum atomic E-state index is 11.9. The molecule has 0 radical (unpaired) electrons. The summed E-state index contributed by atoms with van der Waals surface area (Å²) in [6.45, 7) is 0. The second-order valence-corrected chi connectivity index (χ2v) is 9.23. The van der Waals surface area contributed by atoms with E-state index in [-0.39, 0.29) is 45.8 Å². The molecule has 0 unspecified atom stereocenters. The van der Waals surface area contributed by atoms with Crippen molar-refractivity contribution < 1.29 is 13.0 Å². The summed E-state index contributed by atoms with van der Waals surface area (Å²) in [4.78, 5) is 4.28. The molecule has 0 aliphatic carbocycles. The summed E-state index contributed by atoms with van der Waals surface area (Å²) in [6, 6.07) is 29.6. The van der Waals surface area contributed by atoms with Crippen molar-refractivity contribution in [2.45, 2.75) is 4.90 Å². The Labute approximate surface area is 230 Å². The number of nitrogen functional groups attached to an aromatic ring is 1. The molecule has 0 atom stereocenters. The third-order valence-corrected chi connectivity index (χ3v) is 6.51. The summed E-state index contributed by atoms with van der Waals surface area (Å²) in [6.07, 6.45) is 1.58. The molecule has 4 aromatic carbocycles. The molecule has 0 aliphatic rings. The Morgan fingerprint density at radius 1 is 0.750 bits per heavy atom.